The largest absolute Gasteiger partial charge is 0.388 e. The highest BCUT2D eigenvalue weighted by Crippen LogP contribution is 2.23. The van der Waals surface area contributed by atoms with E-state index >= 15 is 0 Å². The molecule has 0 saturated carbocycles. The van der Waals surface area contributed by atoms with Crippen LogP contribution in [0.3, 0.4) is 0 Å². The Labute approximate surface area is 77.5 Å². The Morgan fingerprint density at radius 1 is 1.50 bits per heavy atom. The molecule has 0 spiro atoms. The molecule has 0 bridgehead atoms. The second-order valence-corrected chi connectivity index (χ2v) is 3.33. The third kappa shape index (κ3) is 1.93. The predicted molar refractivity (Wildman–Crippen MR) is 55.7 cm³/mol. The minimum absolute atomic E-state index is 0.611. The van der Waals surface area contributed by atoms with Gasteiger partial charge in [-0.1, -0.05) is 6.07 Å². The number of nitrogens with one attached hydrogen (secondary N) is 1. The lowest BCUT2D eigenvalue weighted by Gasteiger charge is -2.07. The zero-order chi connectivity index (χ0) is 8.97. The van der Waals surface area contributed by atoms with Crippen molar-refractivity contribution >= 4 is 17.4 Å². The van der Waals surface area contributed by atoms with Crippen molar-refractivity contribution < 1.29 is 0 Å². The quantitative estimate of drug-likeness (QED) is 0.701. The first-order valence-electron chi connectivity index (χ1n) is 3.86. The molecule has 0 atom stereocenters. The number of hydrogen-bond donors (Lipinski definition) is 2. The maximum Gasteiger partial charge on any atom is 0.0349 e. The molecule has 2 nitrogen and oxygen atoms in total. The van der Waals surface area contributed by atoms with Crippen LogP contribution in [-0.2, 0) is 6.54 Å². The maximum atomic E-state index is 5.58. The van der Waals surface area contributed by atoms with Gasteiger partial charge in [-0.3, -0.25) is 0 Å². The summed E-state index contributed by atoms with van der Waals surface area (Å²) in [5.74, 6) is 0. The average Bonchev–Trinajstić information content (AvgIpc) is 2.16. The lowest BCUT2D eigenvalue weighted by Crippen LogP contribution is -1.99. The molecule has 0 radical (unpaired) electrons. The number of anilines is 1. The van der Waals surface area contributed by atoms with Crippen LogP contribution < -0.4 is 11.1 Å². The van der Waals surface area contributed by atoms with E-state index in [1.54, 1.807) is 11.8 Å². The minimum atomic E-state index is 0.611. The molecule has 12 heavy (non-hydrogen) atoms. The zero-order valence-electron chi connectivity index (χ0n) is 7.42. The molecule has 0 aromatic heterocycles. The van der Waals surface area contributed by atoms with Crippen molar-refractivity contribution in [3.8, 4) is 0 Å². The molecule has 1 aromatic rings. The lowest BCUT2D eigenvalue weighted by molar-refractivity contribution is 1.03. The molecule has 0 saturated heterocycles. The molecule has 0 aliphatic carbocycles. The van der Waals surface area contributed by atoms with Gasteiger partial charge >= 0.3 is 0 Å². The van der Waals surface area contributed by atoms with E-state index in [0.717, 1.165) is 5.69 Å². The number of benzene rings is 1. The van der Waals surface area contributed by atoms with Gasteiger partial charge in [-0.05, 0) is 24.0 Å². The standard InChI is InChI=1S/C9H14N2S/c1-11-8-4-3-7(6-10)9(5-8)12-2/h3-5,11H,6,10H2,1-2H3. The van der Waals surface area contributed by atoms with Crippen LogP contribution in [0, 0.1) is 0 Å². The molecule has 0 fully saturated rings. The van der Waals surface area contributed by atoms with Crippen LogP contribution in [0.4, 0.5) is 5.69 Å². The van der Waals surface area contributed by atoms with E-state index in [1.807, 2.05) is 13.1 Å². The van der Waals surface area contributed by atoms with Crippen LogP contribution in [0.15, 0.2) is 23.1 Å². The van der Waals surface area contributed by atoms with Crippen LogP contribution in [0.5, 0.6) is 0 Å². The van der Waals surface area contributed by atoms with Gasteiger partial charge in [-0.2, -0.15) is 0 Å². The fourth-order valence-electron chi connectivity index (χ4n) is 1.07. The first-order chi connectivity index (χ1) is 5.81. The summed E-state index contributed by atoms with van der Waals surface area (Å²) in [4.78, 5) is 1.25. The third-order valence-corrected chi connectivity index (χ3v) is 2.62. The van der Waals surface area contributed by atoms with E-state index in [-0.39, 0.29) is 0 Å². The molecule has 1 aromatic carbocycles. The van der Waals surface area contributed by atoms with Crippen molar-refractivity contribution in [3.63, 3.8) is 0 Å². The Bertz CT molecular complexity index is 261. The second-order valence-electron chi connectivity index (χ2n) is 2.48. The van der Waals surface area contributed by atoms with E-state index in [1.165, 1.54) is 10.5 Å². The van der Waals surface area contributed by atoms with E-state index in [2.05, 4.69) is 23.7 Å². The molecule has 0 amide bonds. The smallest absolute Gasteiger partial charge is 0.0349 e. The Hall–Kier alpha value is -0.670. The van der Waals surface area contributed by atoms with E-state index in [9.17, 15) is 0 Å². The van der Waals surface area contributed by atoms with Gasteiger partial charge in [0.25, 0.3) is 0 Å². The fraction of sp³-hybridized carbons (Fsp3) is 0.333. The first kappa shape index (κ1) is 9.42. The predicted octanol–water partition coefficient (Wildman–Crippen LogP) is 1.91. The van der Waals surface area contributed by atoms with Crippen LogP contribution in [0.25, 0.3) is 0 Å². The normalized spacial score (nSPS) is 9.92. The number of thioether (sulfide) groups is 1. The average molecular weight is 182 g/mol. The minimum Gasteiger partial charge on any atom is -0.388 e. The Kier molecular flexibility index (Phi) is 3.44. The molecule has 0 unspecified atom stereocenters. The van der Waals surface area contributed by atoms with Crippen LogP contribution in [-0.4, -0.2) is 13.3 Å². The summed E-state index contributed by atoms with van der Waals surface area (Å²) in [5, 5.41) is 3.10. The number of hydrogen-bond acceptors (Lipinski definition) is 3. The van der Waals surface area contributed by atoms with Gasteiger partial charge in [0.05, 0.1) is 0 Å². The van der Waals surface area contributed by atoms with Crippen molar-refractivity contribution in [1.29, 1.82) is 0 Å². The van der Waals surface area contributed by atoms with E-state index in [0.29, 0.717) is 6.54 Å². The summed E-state index contributed by atoms with van der Waals surface area (Å²) in [6, 6.07) is 6.23. The molecule has 0 heterocycles. The third-order valence-electron chi connectivity index (χ3n) is 1.80. The maximum absolute atomic E-state index is 5.58. The Balaban J connectivity index is 3.02. The van der Waals surface area contributed by atoms with Crippen molar-refractivity contribution in [2.45, 2.75) is 11.4 Å². The summed E-state index contributed by atoms with van der Waals surface area (Å²) < 4.78 is 0. The molecule has 3 N–H and O–H groups in total. The van der Waals surface area contributed by atoms with Gasteiger partial charge in [-0.15, -0.1) is 11.8 Å². The van der Waals surface area contributed by atoms with Gasteiger partial charge in [0.1, 0.15) is 0 Å². The molecule has 0 aliphatic heterocycles. The SMILES string of the molecule is CNc1ccc(CN)c(SC)c1. The molecule has 1 rings (SSSR count). The van der Waals surface area contributed by atoms with Crippen LogP contribution in [0.1, 0.15) is 5.56 Å². The summed E-state index contributed by atoms with van der Waals surface area (Å²) in [5.41, 5.74) is 7.93. The second kappa shape index (κ2) is 4.38. The Morgan fingerprint density at radius 2 is 2.25 bits per heavy atom. The summed E-state index contributed by atoms with van der Waals surface area (Å²) in [6.45, 7) is 0.611. The van der Waals surface area contributed by atoms with Crippen LogP contribution in [0.2, 0.25) is 0 Å². The van der Waals surface area contributed by atoms with Gasteiger partial charge < -0.3 is 11.1 Å². The monoisotopic (exact) mass is 182 g/mol. The van der Waals surface area contributed by atoms with Gasteiger partial charge in [-0.25, -0.2) is 0 Å². The Morgan fingerprint density at radius 3 is 2.75 bits per heavy atom. The number of nitrogens with two attached hydrogens (primary N) is 1. The van der Waals surface area contributed by atoms with Crippen molar-refractivity contribution in [3.05, 3.63) is 23.8 Å². The highest BCUT2D eigenvalue weighted by Gasteiger charge is 1.99. The van der Waals surface area contributed by atoms with Crippen molar-refractivity contribution in [2.75, 3.05) is 18.6 Å². The lowest BCUT2D eigenvalue weighted by atomic mass is 10.2. The fourth-order valence-corrected chi connectivity index (χ4v) is 1.73. The zero-order valence-corrected chi connectivity index (χ0v) is 8.24. The topological polar surface area (TPSA) is 38.0 Å². The van der Waals surface area contributed by atoms with E-state index in [4.69, 9.17) is 5.73 Å². The highest BCUT2D eigenvalue weighted by atomic mass is 32.2. The summed E-state index contributed by atoms with van der Waals surface area (Å²) in [7, 11) is 1.92. The van der Waals surface area contributed by atoms with Crippen molar-refractivity contribution in [2.24, 2.45) is 5.73 Å². The molecule has 66 valence electrons. The van der Waals surface area contributed by atoms with Gasteiger partial charge in [0.15, 0.2) is 0 Å². The van der Waals surface area contributed by atoms with E-state index < -0.39 is 0 Å². The van der Waals surface area contributed by atoms with Crippen molar-refractivity contribution in [1.82, 2.24) is 0 Å². The van der Waals surface area contributed by atoms with Gasteiger partial charge in [0, 0.05) is 24.2 Å². The summed E-state index contributed by atoms with van der Waals surface area (Å²) in [6.07, 6.45) is 2.06. The summed E-state index contributed by atoms with van der Waals surface area (Å²) >= 11 is 1.73. The van der Waals surface area contributed by atoms with Gasteiger partial charge in [0.2, 0.25) is 0 Å². The van der Waals surface area contributed by atoms with Crippen LogP contribution >= 0.6 is 11.8 Å². The molecule has 0 aliphatic rings. The number of rotatable bonds is 3. The highest BCUT2D eigenvalue weighted by molar-refractivity contribution is 7.98. The molecule has 3 heteroatoms. The molecular weight excluding hydrogens is 168 g/mol. The first-order valence-corrected chi connectivity index (χ1v) is 5.09. The molecular formula is C9H14N2S.